The molecule has 3 aromatic rings. The van der Waals surface area contributed by atoms with E-state index in [1.165, 1.54) is 25.3 Å². The van der Waals surface area contributed by atoms with Crippen molar-refractivity contribution < 1.29 is 23.4 Å². The van der Waals surface area contributed by atoms with Crippen molar-refractivity contribution in [1.82, 2.24) is 0 Å². The van der Waals surface area contributed by atoms with Crippen LogP contribution in [0.3, 0.4) is 0 Å². The maximum atomic E-state index is 14.0. The number of hydrogen-bond acceptors (Lipinski definition) is 5. The maximum Gasteiger partial charge on any atom is 0.363 e. The predicted octanol–water partition coefficient (Wildman–Crippen LogP) is 6.02. The molecule has 0 N–H and O–H groups in total. The lowest BCUT2D eigenvalue weighted by Crippen LogP contribution is -2.07. The van der Waals surface area contributed by atoms with Crippen molar-refractivity contribution in [2.75, 3.05) is 7.11 Å². The van der Waals surface area contributed by atoms with Gasteiger partial charge in [-0.25, -0.2) is 14.2 Å². The second-order valence-electron chi connectivity index (χ2n) is 6.73. The molecule has 1 aliphatic heterocycles. The van der Waals surface area contributed by atoms with Gasteiger partial charge < -0.3 is 14.2 Å². The molecule has 0 aliphatic carbocycles. The van der Waals surface area contributed by atoms with Crippen molar-refractivity contribution in [2.24, 2.45) is 4.99 Å². The molecular formula is C24H16ClFINO4. The Bertz CT molecular complexity index is 1260. The monoisotopic (exact) mass is 563 g/mol. The molecule has 0 radical (unpaired) electrons. The fourth-order valence-corrected chi connectivity index (χ4v) is 3.86. The Morgan fingerprint density at radius 2 is 1.91 bits per heavy atom. The summed E-state index contributed by atoms with van der Waals surface area (Å²) in [5.74, 6) is -0.507. The van der Waals surface area contributed by atoms with Gasteiger partial charge in [0.15, 0.2) is 17.2 Å². The van der Waals surface area contributed by atoms with Gasteiger partial charge in [-0.15, -0.1) is 0 Å². The highest BCUT2D eigenvalue weighted by Gasteiger charge is 2.26. The molecule has 3 aromatic carbocycles. The van der Waals surface area contributed by atoms with Crippen molar-refractivity contribution in [3.05, 3.63) is 97.5 Å². The molecule has 8 heteroatoms. The Morgan fingerprint density at radius 3 is 2.66 bits per heavy atom. The van der Waals surface area contributed by atoms with Crippen LogP contribution in [0.5, 0.6) is 11.5 Å². The van der Waals surface area contributed by atoms with Crippen molar-refractivity contribution in [3.63, 3.8) is 0 Å². The first-order chi connectivity index (χ1) is 15.5. The van der Waals surface area contributed by atoms with Gasteiger partial charge in [-0.3, -0.25) is 0 Å². The lowest BCUT2D eigenvalue weighted by atomic mass is 10.1. The van der Waals surface area contributed by atoms with Crippen LogP contribution < -0.4 is 9.47 Å². The highest BCUT2D eigenvalue weighted by molar-refractivity contribution is 14.1. The Hall–Kier alpha value is -2.91. The lowest BCUT2D eigenvalue weighted by Gasteiger charge is -2.14. The third-order valence-corrected chi connectivity index (χ3v) is 5.94. The van der Waals surface area contributed by atoms with E-state index in [0.29, 0.717) is 28.7 Å². The van der Waals surface area contributed by atoms with Crippen molar-refractivity contribution in [3.8, 4) is 11.5 Å². The minimum absolute atomic E-state index is 0.0221. The van der Waals surface area contributed by atoms with Crippen LogP contribution in [0.15, 0.2) is 71.4 Å². The van der Waals surface area contributed by atoms with Gasteiger partial charge in [0.1, 0.15) is 12.4 Å². The highest BCUT2D eigenvalue weighted by Crippen LogP contribution is 2.38. The number of esters is 1. The van der Waals surface area contributed by atoms with Crippen LogP contribution in [-0.2, 0) is 16.1 Å². The molecule has 1 heterocycles. The van der Waals surface area contributed by atoms with E-state index in [4.69, 9.17) is 25.8 Å². The fourth-order valence-electron chi connectivity index (χ4n) is 3.05. The third-order valence-electron chi connectivity index (χ3n) is 4.61. The summed E-state index contributed by atoms with van der Waals surface area (Å²) in [6.45, 7) is 0.318. The number of carbonyl (C=O) groups is 1. The Labute approximate surface area is 202 Å². The van der Waals surface area contributed by atoms with Crippen LogP contribution in [0.2, 0.25) is 5.02 Å². The Morgan fingerprint density at radius 1 is 1.16 bits per heavy atom. The number of nitrogens with zero attached hydrogens (tertiary/aromatic N) is 1. The molecule has 4 rings (SSSR count). The number of rotatable bonds is 6. The summed E-state index contributed by atoms with van der Waals surface area (Å²) >= 11 is 8.69. The molecule has 1 aliphatic rings. The van der Waals surface area contributed by atoms with Crippen molar-refractivity contribution in [2.45, 2.75) is 6.61 Å². The molecule has 0 atom stereocenters. The second kappa shape index (κ2) is 9.70. The molecule has 0 bridgehead atoms. The first-order valence-corrected chi connectivity index (χ1v) is 10.9. The van der Waals surface area contributed by atoms with E-state index in [9.17, 15) is 9.18 Å². The topological polar surface area (TPSA) is 57.1 Å². The quantitative estimate of drug-likeness (QED) is 0.209. The van der Waals surface area contributed by atoms with Crippen LogP contribution in [0, 0.1) is 9.39 Å². The molecule has 0 unspecified atom stereocenters. The molecule has 0 spiro atoms. The number of benzene rings is 3. The minimum atomic E-state index is -0.683. The predicted molar refractivity (Wildman–Crippen MR) is 129 cm³/mol. The molecule has 162 valence electrons. The molecule has 5 nitrogen and oxygen atoms in total. The van der Waals surface area contributed by atoms with Crippen LogP contribution in [0.25, 0.3) is 6.08 Å². The van der Waals surface area contributed by atoms with Gasteiger partial charge in [0, 0.05) is 9.13 Å². The summed E-state index contributed by atoms with van der Waals surface area (Å²) in [5, 5.41) is 0.312. The summed E-state index contributed by atoms with van der Waals surface area (Å²) in [6.07, 6.45) is 1.49. The van der Waals surface area contributed by atoms with Gasteiger partial charge in [-0.05, 0) is 64.6 Å². The van der Waals surface area contributed by atoms with E-state index in [2.05, 4.69) is 27.6 Å². The summed E-state index contributed by atoms with van der Waals surface area (Å²) in [5.41, 5.74) is 1.70. The zero-order valence-corrected chi connectivity index (χ0v) is 19.7. The number of cyclic esters (lactones) is 1. The SMILES string of the molecule is COc1cc(/C=C2\N=C(c3ccccc3F)OC2=O)cc(Cl)c1OCc1ccccc1I. The molecule has 0 saturated carbocycles. The van der Waals surface area contributed by atoms with Crippen LogP contribution in [-0.4, -0.2) is 19.0 Å². The van der Waals surface area contributed by atoms with Crippen LogP contribution in [0.4, 0.5) is 4.39 Å². The maximum absolute atomic E-state index is 14.0. The van der Waals surface area contributed by atoms with E-state index in [0.717, 1.165) is 9.13 Å². The molecule has 0 fully saturated rings. The van der Waals surface area contributed by atoms with Crippen LogP contribution >= 0.6 is 34.2 Å². The summed E-state index contributed by atoms with van der Waals surface area (Å²) < 4.78 is 31.6. The minimum Gasteiger partial charge on any atom is -0.493 e. The zero-order chi connectivity index (χ0) is 22.7. The van der Waals surface area contributed by atoms with E-state index in [1.807, 2.05) is 24.3 Å². The Balaban J connectivity index is 1.61. The average Bonchev–Trinajstić information content (AvgIpc) is 3.14. The molecule has 0 aromatic heterocycles. The average molecular weight is 564 g/mol. The van der Waals surface area contributed by atoms with Gasteiger partial charge in [0.25, 0.3) is 0 Å². The summed E-state index contributed by atoms with van der Waals surface area (Å²) in [4.78, 5) is 16.4. The standard InChI is InChI=1S/C24H16ClFINO4/c1-30-21-12-14(10-17(25)22(21)31-13-15-6-2-5-9-19(15)27)11-20-24(29)32-23(28-20)16-7-3-4-8-18(16)26/h2-12H,13H2,1H3/b20-11-. The van der Waals surface area contributed by atoms with Crippen LogP contribution in [0.1, 0.15) is 16.7 Å². The van der Waals surface area contributed by atoms with E-state index < -0.39 is 11.8 Å². The highest BCUT2D eigenvalue weighted by atomic mass is 127. The number of carbonyl (C=O) groups excluding carboxylic acids is 1. The summed E-state index contributed by atoms with van der Waals surface area (Å²) in [7, 11) is 1.50. The van der Waals surface area contributed by atoms with Gasteiger partial charge in [0.05, 0.1) is 17.7 Å². The lowest BCUT2D eigenvalue weighted by molar-refractivity contribution is -0.129. The van der Waals surface area contributed by atoms with Crippen molar-refractivity contribution in [1.29, 1.82) is 0 Å². The van der Waals surface area contributed by atoms with Gasteiger partial charge >= 0.3 is 5.97 Å². The first-order valence-electron chi connectivity index (χ1n) is 9.47. The zero-order valence-electron chi connectivity index (χ0n) is 16.8. The molecular weight excluding hydrogens is 548 g/mol. The van der Waals surface area contributed by atoms with E-state index >= 15 is 0 Å². The molecule has 32 heavy (non-hydrogen) atoms. The fraction of sp³-hybridized carbons (Fsp3) is 0.0833. The number of aliphatic imine (C=N–C) groups is 1. The van der Waals surface area contributed by atoms with Gasteiger partial charge in [-0.2, -0.15) is 0 Å². The Kier molecular flexibility index (Phi) is 6.76. The number of hydrogen-bond donors (Lipinski definition) is 0. The first kappa shape index (κ1) is 22.3. The third kappa shape index (κ3) is 4.78. The molecule has 0 amide bonds. The van der Waals surface area contributed by atoms with E-state index in [-0.39, 0.29) is 17.2 Å². The van der Waals surface area contributed by atoms with Crippen molar-refractivity contribution >= 4 is 52.1 Å². The number of ether oxygens (including phenoxy) is 3. The number of halogens is 3. The summed E-state index contributed by atoms with van der Waals surface area (Å²) in [6, 6.07) is 17.1. The largest absolute Gasteiger partial charge is 0.493 e. The smallest absolute Gasteiger partial charge is 0.363 e. The molecule has 0 saturated heterocycles. The second-order valence-corrected chi connectivity index (χ2v) is 8.30. The van der Waals surface area contributed by atoms with Gasteiger partial charge in [-0.1, -0.05) is 41.9 Å². The normalized spacial score (nSPS) is 14.3. The van der Waals surface area contributed by atoms with Gasteiger partial charge in [0.2, 0.25) is 5.90 Å². The van der Waals surface area contributed by atoms with E-state index in [1.54, 1.807) is 24.3 Å². The number of methoxy groups -OCH3 is 1.